The number of hydrogen-bond donors (Lipinski definition) is 0. The number of hydrogen-bond acceptors (Lipinski definition) is 5. The topological polar surface area (TPSA) is 67.3 Å². The van der Waals surface area contributed by atoms with Crippen LogP contribution in [-0.2, 0) is 20.4 Å². The lowest BCUT2D eigenvalue weighted by molar-refractivity contribution is -0.130. The van der Waals surface area contributed by atoms with Crippen molar-refractivity contribution in [3.8, 4) is 10.6 Å². The first-order valence-corrected chi connectivity index (χ1v) is 11.2. The molecule has 2 heterocycles. The average molecular weight is 397 g/mol. The van der Waals surface area contributed by atoms with Crippen molar-refractivity contribution in [3.05, 3.63) is 41.2 Å². The summed E-state index contributed by atoms with van der Waals surface area (Å²) in [6.45, 7) is 3.32. The van der Waals surface area contributed by atoms with Gasteiger partial charge in [0, 0.05) is 24.0 Å². The summed E-state index contributed by atoms with van der Waals surface area (Å²) in [6.07, 6.45) is 1.99. The highest BCUT2D eigenvalue weighted by Crippen LogP contribution is 2.25. The van der Waals surface area contributed by atoms with Gasteiger partial charge in [-0.2, -0.15) is 0 Å². The minimum Gasteiger partial charge on any atom is -0.342 e. The van der Waals surface area contributed by atoms with Crippen molar-refractivity contribution in [1.29, 1.82) is 0 Å². The second-order valence-electron chi connectivity index (χ2n) is 6.77. The summed E-state index contributed by atoms with van der Waals surface area (Å²) in [7, 11) is -3.58. The van der Waals surface area contributed by atoms with E-state index in [1.165, 1.54) is 23.5 Å². The summed E-state index contributed by atoms with van der Waals surface area (Å²) in [4.78, 5) is 18.3. The second-order valence-corrected chi connectivity index (χ2v) is 9.69. The molecule has 0 aliphatic carbocycles. The smallest absolute Gasteiger partial charge is 0.237 e. The number of thiazole rings is 1. The molecule has 5 nitrogen and oxygen atoms in total. The monoisotopic (exact) mass is 396 g/mol. The van der Waals surface area contributed by atoms with Crippen molar-refractivity contribution in [1.82, 2.24) is 9.88 Å². The number of aromatic nitrogens is 1. The molecule has 3 rings (SSSR count). The molecule has 1 aliphatic rings. The largest absolute Gasteiger partial charge is 0.342 e. The number of sulfone groups is 1. The highest BCUT2D eigenvalue weighted by molar-refractivity contribution is 7.91. The van der Waals surface area contributed by atoms with Gasteiger partial charge in [-0.15, -0.1) is 11.3 Å². The molecule has 0 bridgehead atoms. The summed E-state index contributed by atoms with van der Waals surface area (Å²) in [5.74, 6) is -1.00. The second kappa shape index (κ2) is 7.84. The molecule has 0 N–H and O–H groups in total. The standard InChI is InChI=1S/C18H21FN2O3S2/c1-13-3-2-8-21(9-13)17(22)12-26(23,24)11-16-10-25-18(20-16)14-4-6-15(19)7-5-14/h4-7,10,13H,2-3,8-9,11-12H2,1H3/t13-/m1/s1. The summed E-state index contributed by atoms with van der Waals surface area (Å²) >= 11 is 1.30. The average Bonchev–Trinajstić information content (AvgIpc) is 3.02. The van der Waals surface area contributed by atoms with Gasteiger partial charge >= 0.3 is 0 Å². The van der Waals surface area contributed by atoms with Crippen molar-refractivity contribution in [3.63, 3.8) is 0 Å². The molecule has 0 saturated carbocycles. The van der Waals surface area contributed by atoms with Gasteiger partial charge in [-0.1, -0.05) is 6.92 Å². The van der Waals surface area contributed by atoms with Crippen LogP contribution in [0.4, 0.5) is 4.39 Å². The number of piperidine rings is 1. The van der Waals surface area contributed by atoms with Gasteiger partial charge in [0.25, 0.3) is 0 Å². The van der Waals surface area contributed by atoms with Gasteiger partial charge in [-0.3, -0.25) is 4.79 Å². The third kappa shape index (κ3) is 4.88. The molecule has 8 heteroatoms. The fraction of sp³-hybridized carbons (Fsp3) is 0.444. The van der Waals surface area contributed by atoms with Crippen molar-refractivity contribution in [2.24, 2.45) is 5.92 Å². The predicted octanol–water partition coefficient (Wildman–Crippen LogP) is 3.12. The lowest BCUT2D eigenvalue weighted by atomic mass is 10.0. The highest BCUT2D eigenvalue weighted by atomic mass is 32.2. The zero-order valence-corrected chi connectivity index (χ0v) is 16.2. The van der Waals surface area contributed by atoms with E-state index in [9.17, 15) is 17.6 Å². The van der Waals surface area contributed by atoms with Gasteiger partial charge in [0.1, 0.15) is 16.6 Å². The number of rotatable bonds is 5. The van der Waals surface area contributed by atoms with E-state index in [1.54, 1.807) is 22.4 Å². The molecule has 1 atom stereocenters. The van der Waals surface area contributed by atoms with Gasteiger partial charge in [-0.05, 0) is 43.0 Å². The van der Waals surface area contributed by atoms with Gasteiger partial charge in [0.05, 0.1) is 11.4 Å². The number of benzene rings is 1. The van der Waals surface area contributed by atoms with Crippen molar-refractivity contribution < 1.29 is 17.6 Å². The number of likely N-dealkylation sites (tertiary alicyclic amines) is 1. The maximum absolute atomic E-state index is 13.0. The Kier molecular flexibility index (Phi) is 5.72. The van der Waals surface area contributed by atoms with E-state index in [0.717, 1.165) is 18.4 Å². The lowest BCUT2D eigenvalue weighted by Crippen LogP contribution is -2.42. The highest BCUT2D eigenvalue weighted by Gasteiger charge is 2.26. The van der Waals surface area contributed by atoms with Crippen LogP contribution in [0.5, 0.6) is 0 Å². The maximum Gasteiger partial charge on any atom is 0.237 e. The Morgan fingerprint density at radius 1 is 1.35 bits per heavy atom. The minimum absolute atomic E-state index is 0.264. The normalized spacial score (nSPS) is 18.1. The molecule has 1 aliphatic heterocycles. The quantitative estimate of drug-likeness (QED) is 0.779. The first kappa shape index (κ1) is 19.0. The Hall–Kier alpha value is -1.80. The molecule has 140 valence electrons. The van der Waals surface area contributed by atoms with Crippen LogP contribution >= 0.6 is 11.3 Å². The lowest BCUT2D eigenvalue weighted by Gasteiger charge is -2.30. The fourth-order valence-electron chi connectivity index (χ4n) is 3.07. The van der Waals surface area contributed by atoms with Crippen LogP contribution in [-0.4, -0.2) is 43.1 Å². The van der Waals surface area contributed by atoms with E-state index < -0.39 is 15.6 Å². The summed E-state index contributed by atoms with van der Waals surface area (Å²) in [5.41, 5.74) is 1.15. The minimum atomic E-state index is -3.58. The van der Waals surface area contributed by atoms with E-state index in [1.807, 2.05) is 0 Å². The molecular formula is C18H21FN2O3S2. The fourth-order valence-corrected chi connectivity index (χ4v) is 5.26. The van der Waals surface area contributed by atoms with Crippen LogP contribution in [0, 0.1) is 11.7 Å². The van der Waals surface area contributed by atoms with Crippen LogP contribution in [0.2, 0.25) is 0 Å². The van der Waals surface area contributed by atoms with Crippen LogP contribution in [0.1, 0.15) is 25.5 Å². The Morgan fingerprint density at radius 2 is 2.08 bits per heavy atom. The van der Waals surface area contributed by atoms with Crippen LogP contribution in [0.25, 0.3) is 10.6 Å². The first-order valence-electron chi connectivity index (χ1n) is 8.51. The van der Waals surface area contributed by atoms with Crippen molar-refractivity contribution >= 4 is 27.1 Å². The van der Waals surface area contributed by atoms with Gasteiger partial charge in [0.2, 0.25) is 5.91 Å². The third-order valence-corrected chi connectivity index (χ3v) is 6.73. The van der Waals surface area contributed by atoms with E-state index in [4.69, 9.17) is 0 Å². The molecule has 0 radical (unpaired) electrons. The Morgan fingerprint density at radius 3 is 2.77 bits per heavy atom. The molecule has 1 amide bonds. The zero-order chi connectivity index (χ0) is 18.7. The SMILES string of the molecule is C[C@@H]1CCCN(C(=O)CS(=O)(=O)Cc2csc(-c3ccc(F)cc3)n2)C1. The number of carbonyl (C=O) groups is 1. The Bertz CT molecular complexity index is 878. The van der Waals surface area contributed by atoms with Crippen LogP contribution in [0.15, 0.2) is 29.6 Å². The third-order valence-electron chi connectivity index (χ3n) is 4.36. The van der Waals surface area contributed by atoms with Gasteiger partial charge in [0.15, 0.2) is 9.84 Å². The Balaban J connectivity index is 1.64. The number of halogens is 1. The van der Waals surface area contributed by atoms with E-state index >= 15 is 0 Å². The summed E-state index contributed by atoms with van der Waals surface area (Å²) in [6, 6.07) is 5.89. The summed E-state index contributed by atoms with van der Waals surface area (Å²) < 4.78 is 37.8. The molecule has 26 heavy (non-hydrogen) atoms. The summed E-state index contributed by atoms with van der Waals surface area (Å²) in [5, 5.41) is 2.30. The maximum atomic E-state index is 13.0. The van der Waals surface area contributed by atoms with E-state index in [-0.39, 0.29) is 17.5 Å². The first-order chi connectivity index (χ1) is 12.3. The molecule has 2 aromatic rings. The number of amides is 1. The van der Waals surface area contributed by atoms with E-state index in [0.29, 0.717) is 29.7 Å². The van der Waals surface area contributed by atoms with Crippen LogP contribution in [0.3, 0.4) is 0 Å². The predicted molar refractivity (Wildman–Crippen MR) is 100.0 cm³/mol. The van der Waals surface area contributed by atoms with E-state index in [2.05, 4.69) is 11.9 Å². The molecule has 0 spiro atoms. The van der Waals surface area contributed by atoms with Gasteiger partial charge < -0.3 is 4.90 Å². The molecule has 1 saturated heterocycles. The number of carbonyl (C=O) groups excluding carboxylic acids is 1. The van der Waals surface area contributed by atoms with Gasteiger partial charge in [-0.25, -0.2) is 17.8 Å². The Labute approximate surface area is 156 Å². The molecule has 1 aromatic heterocycles. The molecule has 0 unspecified atom stereocenters. The zero-order valence-electron chi connectivity index (χ0n) is 14.5. The molecule has 1 fully saturated rings. The van der Waals surface area contributed by atoms with Crippen LogP contribution < -0.4 is 0 Å². The molecular weight excluding hydrogens is 375 g/mol. The van der Waals surface area contributed by atoms with Crippen molar-refractivity contribution in [2.45, 2.75) is 25.5 Å². The van der Waals surface area contributed by atoms with Crippen molar-refractivity contribution in [2.75, 3.05) is 18.8 Å². The number of nitrogens with zero attached hydrogens (tertiary/aromatic N) is 2. The molecule has 1 aromatic carbocycles.